The lowest BCUT2D eigenvalue weighted by Crippen LogP contribution is -2.10. The van der Waals surface area contributed by atoms with Crippen molar-refractivity contribution in [2.45, 2.75) is 0 Å². The molecule has 2 rings (SSSR count). The summed E-state index contributed by atoms with van der Waals surface area (Å²) in [6.07, 6.45) is 5.86. The summed E-state index contributed by atoms with van der Waals surface area (Å²) in [7, 11) is 1.74. The molecular formula is C18H17Cl2N5O. The van der Waals surface area contributed by atoms with Crippen molar-refractivity contribution < 1.29 is 4.79 Å². The molecule has 1 aromatic carbocycles. The van der Waals surface area contributed by atoms with Gasteiger partial charge in [-0.3, -0.25) is 4.79 Å². The Kier molecular flexibility index (Phi) is 6.77. The van der Waals surface area contributed by atoms with Gasteiger partial charge in [0.2, 0.25) is 5.91 Å². The fourth-order valence-electron chi connectivity index (χ4n) is 2.02. The molecule has 0 aliphatic rings. The number of pyridine rings is 1. The highest BCUT2D eigenvalue weighted by atomic mass is 35.5. The molecule has 0 saturated heterocycles. The minimum atomic E-state index is -0.333. The Morgan fingerprint density at radius 1 is 1.27 bits per heavy atom. The van der Waals surface area contributed by atoms with Crippen LogP contribution in [-0.2, 0) is 4.79 Å². The van der Waals surface area contributed by atoms with Crippen LogP contribution in [0.25, 0.3) is 0 Å². The number of halogens is 2. The molecule has 4 N–H and O–H groups in total. The van der Waals surface area contributed by atoms with E-state index >= 15 is 0 Å². The first kappa shape index (κ1) is 19.5. The third-order valence-electron chi connectivity index (χ3n) is 3.25. The van der Waals surface area contributed by atoms with Gasteiger partial charge in [-0.05, 0) is 36.6 Å². The van der Waals surface area contributed by atoms with Gasteiger partial charge in [-0.15, -0.1) is 0 Å². The average molecular weight is 390 g/mol. The molecule has 0 unspecified atom stereocenters. The number of carbonyl (C=O) groups is 1. The first-order chi connectivity index (χ1) is 12.4. The van der Waals surface area contributed by atoms with E-state index in [2.05, 4.69) is 27.5 Å². The van der Waals surface area contributed by atoms with E-state index in [4.69, 9.17) is 28.6 Å². The third-order valence-corrected chi connectivity index (χ3v) is 3.96. The number of rotatable bonds is 7. The zero-order chi connectivity index (χ0) is 19.1. The summed E-state index contributed by atoms with van der Waals surface area (Å²) in [6.45, 7) is 3.43. The Labute approximate surface area is 161 Å². The van der Waals surface area contributed by atoms with Crippen LogP contribution in [0.1, 0.15) is 5.56 Å². The van der Waals surface area contributed by atoms with E-state index in [1.54, 1.807) is 43.6 Å². The Hall–Kier alpha value is -2.83. The van der Waals surface area contributed by atoms with Gasteiger partial charge in [-0.1, -0.05) is 29.8 Å². The van der Waals surface area contributed by atoms with E-state index in [0.29, 0.717) is 32.8 Å². The second-order valence-corrected chi connectivity index (χ2v) is 5.91. The number of carbonyl (C=O) groups excluding carboxylic acids is 1. The van der Waals surface area contributed by atoms with Crippen LogP contribution >= 0.6 is 23.2 Å². The number of nitrogens with one attached hydrogen (secondary N) is 4. The first-order valence-corrected chi connectivity index (χ1v) is 8.28. The molecule has 1 aromatic heterocycles. The first-order valence-electron chi connectivity index (χ1n) is 7.53. The minimum Gasteiger partial charge on any atom is -0.394 e. The lowest BCUT2D eigenvalue weighted by atomic mass is 10.1. The molecule has 2 aromatic rings. The average Bonchev–Trinajstić information content (AvgIpc) is 2.63. The molecule has 1 amide bonds. The molecule has 0 fully saturated rings. The quantitative estimate of drug-likeness (QED) is 0.418. The van der Waals surface area contributed by atoms with E-state index in [0.717, 1.165) is 0 Å². The summed E-state index contributed by atoms with van der Waals surface area (Å²) in [6, 6.07) is 6.72. The molecule has 6 nitrogen and oxygen atoms in total. The highest BCUT2D eigenvalue weighted by Crippen LogP contribution is 2.28. The van der Waals surface area contributed by atoms with E-state index in [-0.39, 0.29) is 11.6 Å². The van der Waals surface area contributed by atoms with Crippen LogP contribution in [0.2, 0.25) is 10.0 Å². The number of nitrogens with zero attached hydrogens (tertiary/aromatic N) is 1. The number of hydrogen-bond acceptors (Lipinski definition) is 5. The van der Waals surface area contributed by atoms with Crippen LogP contribution in [0, 0.1) is 5.41 Å². The predicted octanol–water partition coefficient (Wildman–Crippen LogP) is 4.36. The van der Waals surface area contributed by atoms with Gasteiger partial charge in [0.1, 0.15) is 5.82 Å². The number of anilines is 3. The molecule has 0 atom stereocenters. The van der Waals surface area contributed by atoms with Crippen molar-refractivity contribution in [2.75, 3.05) is 17.7 Å². The van der Waals surface area contributed by atoms with Gasteiger partial charge >= 0.3 is 0 Å². The maximum absolute atomic E-state index is 11.5. The molecule has 0 bridgehead atoms. The van der Waals surface area contributed by atoms with E-state index < -0.39 is 0 Å². The highest BCUT2D eigenvalue weighted by Gasteiger charge is 2.10. The number of amides is 1. The van der Waals surface area contributed by atoms with Crippen molar-refractivity contribution in [2.24, 2.45) is 0 Å². The van der Waals surface area contributed by atoms with Crippen LogP contribution in [0.15, 0.2) is 55.4 Å². The summed E-state index contributed by atoms with van der Waals surface area (Å²) in [5.74, 6) is 0.147. The summed E-state index contributed by atoms with van der Waals surface area (Å²) >= 11 is 11.9. The summed E-state index contributed by atoms with van der Waals surface area (Å²) in [5, 5.41) is 17.6. The molecule has 8 heteroatoms. The number of hydrogen-bond donors (Lipinski definition) is 4. The van der Waals surface area contributed by atoms with Gasteiger partial charge in [0.05, 0.1) is 15.8 Å². The van der Waals surface area contributed by atoms with Crippen LogP contribution < -0.4 is 16.0 Å². The molecule has 0 radical (unpaired) electrons. The monoisotopic (exact) mass is 389 g/mol. The van der Waals surface area contributed by atoms with Gasteiger partial charge in [-0.25, -0.2) is 4.98 Å². The fraction of sp³-hybridized carbons (Fsp3) is 0.0556. The van der Waals surface area contributed by atoms with Crippen LogP contribution in [0.4, 0.5) is 17.2 Å². The lowest BCUT2D eigenvalue weighted by molar-refractivity contribution is -0.111. The van der Waals surface area contributed by atoms with Crippen molar-refractivity contribution >= 4 is 52.0 Å². The molecule has 0 spiro atoms. The van der Waals surface area contributed by atoms with E-state index in [9.17, 15) is 4.79 Å². The van der Waals surface area contributed by atoms with E-state index in [1.165, 1.54) is 12.3 Å². The van der Waals surface area contributed by atoms with Crippen molar-refractivity contribution in [3.05, 3.63) is 71.0 Å². The molecule has 0 saturated carbocycles. The molecule has 26 heavy (non-hydrogen) atoms. The normalized spacial score (nSPS) is 10.4. The Morgan fingerprint density at radius 2 is 2.04 bits per heavy atom. The third kappa shape index (κ3) is 5.08. The Morgan fingerprint density at radius 3 is 2.69 bits per heavy atom. The van der Waals surface area contributed by atoms with Gasteiger partial charge in [-0.2, -0.15) is 0 Å². The molecule has 0 aliphatic carbocycles. The number of allylic oxidation sites excluding steroid dienone is 1. The summed E-state index contributed by atoms with van der Waals surface area (Å²) in [4.78, 5) is 15.7. The van der Waals surface area contributed by atoms with Crippen LogP contribution in [-0.4, -0.2) is 23.7 Å². The molecule has 134 valence electrons. The van der Waals surface area contributed by atoms with Crippen molar-refractivity contribution in [1.29, 1.82) is 5.41 Å². The molecule has 0 aliphatic heterocycles. The second-order valence-electron chi connectivity index (χ2n) is 5.10. The fourth-order valence-corrected chi connectivity index (χ4v) is 2.28. The summed E-state index contributed by atoms with van der Waals surface area (Å²) in [5.41, 5.74) is 1.96. The van der Waals surface area contributed by atoms with Crippen molar-refractivity contribution in [1.82, 2.24) is 10.3 Å². The highest BCUT2D eigenvalue weighted by molar-refractivity contribution is 6.42. The Balaban J connectivity index is 2.40. The zero-order valence-corrected chi connectivity index (χ0v) is 15.4. The lowest BCUT2D eigenvalue weighted by Gasteiger charge is -2.14. The molecular weight excluding hydrogens is 373 g/mol. The van der Waals surface area contributed by atoms with Crippen LogP contribution in [0.5, 0.6) is 0 Å². The van der Waals surface area contributed by atoms with Gasteiger partial charge in [0.15, 0.2) is 0 Å². The van der Waals surface area contributed by atoms with Gasteiger partial charge in [0.25, 0.3) is 0 Å². The van der Waals surface area contributed by atoms with Gasteiger partial charge < -0.3 is 21.4 Å². The van der Waals surface area contributed by atoms with E-state index in [1.807, 2.05) is 0 Å². The zero-order valence-electron chi connectivity index (χ0n) is 13.9. The largest absolute Gasteiger partial charge is 0.394 e. The maximum Gasteiger partial charge on any atom is 0.247 e. The van der Waals surface area contributed by atoms with Crippen LogP contribution in [0.3, 0.4) is 0 Å². The number of benzene rings is 1. The minimum absolute atomic E-state index is 0.233. The predicted molar refractivity (Wildman–Crippen MR) is 108 cm³/mol. The summed E-state index contributed by atoms with van der Waals surface area (Å²) < 4.78 is 0. The Bertz CT molecular complexity index is 880. The number of aromatic nitrogens is 1. The SMILES string of the molecule is C=CC(=O)Nc1ccc(Nc2cc(Cl)c(Cl)cn2)c(C(=N)/C=C\NC)c1. The van der Waals surface area contributed by atoms with Gasteiger partial charge in [0, 0.05) is 36.2 Å². The smallest absolute Gasteiger partial charge is 0.247 e. The topological polar surface area (TPSA) is 89.9 Å². The maximum atomic E-state index is 11.5. The second kappa shape index (κ2) is 9.03. The van der Waals surface area contributed by atoms with Crippen molar-refractivity contribution in [3.63, 3.8) is 0 Å². The van der Waals surface area contributed by atoms with Crippen molar-refractivity contribution in [3.8, 4) is 0 Å². The standard InChI is InChI=1S/C18H17Cl2N5O/c1-3-18(26)24-11-4-5-16(12(8-11)15(21)6-7-22-2)25-17-9-13(19)14(20)10-23-17/h3-10,21-22H,1H2,2H3,(H,23,25)(H,24,26)/b7-6-,21-15?. The molecule has 1 heterocycles.